The lowest BCUT2D eigenvalue weighted by molar-refractivity contribution is 0.126. The summed E-state index contributed by atoms with van der Waals surface area (Å²) in [6, 6.07) is 9.89. The zero-order chi connectivity index (χ0) is 17.8. The van der Waals surface area contributed by atoms with E-state index >= 15 is 0 Å². The maximum atomic E-state index is 10.0. The van der Waals surface area contributed by atoms with Gasteiger partial charge in [0, 0.05) is 27.7 Å². The highest BCUT2D eigenvalue weighted by atomic mass is 35.5. The normalized spacial score (nSPS) is 25.2. The second kappa shape index (κ2) is 6.08. The number of aromatic nitrogens is 4. The van der Waals surface area contributed by atoms with Crippen LogP contribution in [0.1, 0.15) is 25.7 Å². The Labute approximate surface area is 160 Å². The average Bonchev–Trinajstić information content (AvgIpc) is 3.12. The number of halogens is 2. The Hall–Kier alpha value is -1.89. The van der Waals surface area contributed by atoms with Crippen molar-refractivity contribution in [1.29, 1.82) is 0 Å². The van der Waals surface area contributed by atoms with Gasteiger partial charge in [0.05, 0.1) is 6.10 Å². The van der Waals surface area contributed by atoms with E-state index in [1.165, 1.54) is 0 Å². The molecule has 2 aliphatic rings. The van der Waals surface area contributed by atoms with Gasteiger partial charge in [-0.25, -0.2) is 0 Å². The Kier molecular flexibility index (Phi) is 3.81. The molecule has 2 aromatic heterocycles. The number of hydrogen-bond donors (Lipinski definition) is 1. The molecule has 0 aliphatic carbocycles. The van der Waals surface area contributed by atoms with E-state index in [-0.39, 0.29) is 6.10 Å². The van der Waals surface area contributed by atoms with Crippen molar-refractivity contribution in [2.75, 3.05) is 4.90 Å². The Morgan fingerprint density at radius 1 is 0.962 bits per heavy atom. The summed E-state index contributed by atoms with van der Waals surface area (Å²) in [5.74, 6) is 1.50. The first-order chi connectivity index (χ1) is 12.6. The minimum absolute atomic E-state index is 0.202. The Morgan fingerprint density at radius 2 is 1.65 bits per heavy atom. The van der Waals surface area contributed by atoms with E-state index in [1.807, 2.05) is 12.1 Å². The Morgan fingerprint density at radius 3 is 2.35 bits per heavy atom. The molecule has 2 saturated heterocycles. The van der Waals surface area contributed by atoms with Crippen LogP contribution >= 0.6 is 23.2 Å². The minimum atomic E-state index is -0.202. The van der Waals surface area contributed by atoms with Crippen molar-refractivity contribution in [3.63, 3.8) is 0 Å². The fourth-order valence-corrected chi connectivity index (χ4v) is 4.83. The molecule has 6 nitrogen and oxygen atoms in total. The summed E-state index contributed by atoms with van der Waals surface area (Å²) in [5, 5.41) is 24.4. The van der Waals surface area contributed by atoms with E-state index in [4.69, 9.17) is 28.3 Å². The third-order valence-corrected chi connectivity index (χ3v) is 5.78. The highest BCUT2D eigenvalue weighted by Crippen LogP contribution is 2.38. The summed E-state index contributed by atoms with van der Waals surface area (Å²) in [7, 11) is 0. The predicted molar refractivity (Wildman–Crippen MR) is 101 cm³/mol. The van der Waals surface area contributed by atoms with Crippen molar-refractivity contribution < 1.29 is 5.11 Å². The molecule has 0 radical (unpaired) electrons. The fourth-order valence-electron chi connectivity index (χ4n) is 4.30. The number of aliphatic hydroxyl groups is 1. The third kappa shape index (κ3) is 2.64. The first-order valence-electron chi connectivity index (χ1n) is 8.74. The number of anilines is 1. The van der Waals surface area contributed by atoms with E-state index in [9.17, 15) is 5.11 Å². The molecule has 134 valence electrons. The van der Waals surface area contributed by atoms with Crippen molar-refractivity contribution >= 4 is 34.7 Å². The second-order valence-corrected chi connectivity index (χ2v) is 7.93. The maximum absolute atomic E-state index is 10.0. The molecule has 8 heteroatoms. The van der Waals surface area contributed by atoms with E-state index in [1.54, 1.807) is 22.7 Å². The van der Waals surface area contributed by atoms with Crippen molar-refractivity contribution in [3.8, 4) is 11.4 Å². The number of rotatable bonds is 2. The summed E-state index contributed by atoms with van der Waals surface area (Å²) < 4.78 is 1.74. The van der Waals surface area contributed by atoms with Crippen molar-refractivity contribution in [3.05, 3.63) is 40.4 Å². The molecule has 2 aliphatic heterocycles. The van der Waals surface area contributed by atoms with Crippen LogP contribution in [0, 0.1) is 0 Å². The lowest BCUT2D eigenvalue weighted by atomic mass is 10.00. The predicted octanol–water partition coefficient (Wildman–Crippen LogP) is 3.59. The van der Waals surface area contributed by atoms with Gasteiger partial charge in [0.2, 0.25) is 0 Å². The number of nitrogens with zero attached hydrogens (tertiary/aromatic N) is 5. The number of benzene rings is 1. The molecular formula is C18H17Cl2N5O. The molecular weight excluding hydrogens is 373 g/mol. The summed E-state index contributed by atoms with van der Waals surface area (Å²) in [6.45, 7) is 0. The summed E-state index contributed by atoms with van der Waals surface area (Å²) >= 11 is 12.3. The molecule has 2 atom stereocenters. The molecule has 0 spiro atoms. The largest absolute Gasteiger partial charge is 0.393 e. The summed E-state index contributed by atoms with van der Waals surface area (Å²) in [5.41, 5.74) is 1.45. The lowest BCUT2D eigenvalue weighted by Crippen LogP contribution is -2.45. The van der Waals surface area contributed by atoms with E-state index in [2.05, 4.69) is 15.1 Å². The molecule has 4 heterocycles. The van der Waals surface area contributed by atoms with E-state index in [0.29, 0.717) is 33.6 Å². The first-order valence-corrected chi connectivity index (χ1v) is 9.49. The smallest absolute Gasteiger partial charge is 0.185 e. The molecule has 2 bridgehead atoms. The molecule has 0 saturated carbocycles. The molecule has 2 fully saturated rings. The quantitative estimate of drug-likeness (QED) is 0.725. The average molecular weight is 390 g/mol. The maximum Gasteiger partial charge on any atom is 0.185 e. The highest BCUT2D eigenvalue weighted by molar-refractivity contribution is 6.35. The molecule has 1 aromatic carbocycles. The zero-order valence-corrected chi connectivity index (χ0v) is 15.4. The zero-order valence-electron chi connectivity index (χ0n) is 13.9. The van der Waals surface area contributed by atoms with Crippen LogP contribution in [0.25, 0.3) is 17.0 Å². The lowest BCUT2D eigenvalue weighted by Gasteiger charge is -2.37. The van der Waals surface area contributed by atoms with Gasteiger partial charge in [-0.15, -0.1) is 15.3 Å². The second-order valence-electron chi connectivity index (χ2n) is 7.06. The van der Waals surface area contributed by atoms with Gasteiger partial charge in [0.25, 0.3) is 0 Å². The SMILES string of the molecule is OC1CC2CCC(C1)N2c1ccc2nnc(-c3cc(Cl)cc(Cl)c3)n2n1. The van der Waals surface area contributed by atoms with Crippen molar-refractivity contribution in [1.82, 2.24) is 19.8 Å². The van der Waals surface area contributed by atoms with Crippen LogP contribution in [0.15, 0.2) is 30.3 Å². The van der Waals surface area contributed by atoms with Crippen LogP contribution in [-0.4, -0.2) is 43.1 Å². The fraction of sp³-hybridized carbons (Fsp3) is 0.389. The van der Waals surface area contributed by atoms with Crippen LogP contribution in [0.4, 0.5) is 5.82 Å². The molecule has 26 heavy (non-hydrogen) atoms. The molecule has 0 amide bonds. The molecule has 1 N–H and O–H groups in total. The van der Waals surface area contributed by atoms with Crippen LogP contribution in [0.5, 0.6) is 0 Å². The number of hydrogen-bond acceptors (Lipinski definition) is 5. The summed E-state index contributed by atoms with van der Waals surface area (Å²) in [4.78, 5) is 2.35. The van der Waals surface area contributed by atoms with Crippen LogP contribution in [0.2, 0.25) is 10.0 Å². The molecule has 5 rings (SSSR count). The molecule has 3 aromatic rings. The number of aliphatic hydroxyl groups excluding tert-OH is 1. The van der Waals surface area contributed by atoms with E-state index in [0.717, 1.165) is 37.1 Å². The topological polar surface area (TPSA) is 66.5 Å². The van der Waals surface area contributed by atoms with Gasteiger partial charge in [-0.1, -0.05) is 23.2 Å². The van der Waals surface area contributed by atoms with E-state index < -0.39 is 0 Å². The summed E-state index contributed by atoms with van der Waals surface area (Å²) in [6.07, 6.45) is 3.59. The number of piperidine rings is 1. The van der Waals surface area contributed by atoms with Crippen LogP contribution in [-0.2, 0) is 0 Å². The Balaban J connectivity index is 1.60. The van der Waals surface area contributed by atoms with Gasteiger partial charge in [0.1, 0.15) is 5.82 Å². The number of fused-ring (bicyclic) bond motifs is 3. The Bertz CT molecular complexity index is 957. The van der Waals surface area contributed by atoms with Gasteiger partial charge < -0.3 is 10.0 Å². The highest BCUT2D eigenvalue weighted by Gasteiger charge is 2.41. The van der Waals surface area contributed by atoms with Crippen molar-refractivity contribution in [2.45, 2.75) is 43.9 Å². The monoisotopic (exact) mass is 389 g/mol. The van der Waals surface area contributed by atoms with Gasteiger partial charge in [0.15, 0.2) is 11.5 Å². The minimum Gasteiger partial charge on any atom is -0.393 e. The van der Waals surface area contributed by atoms with Crippen molar-refractivity contribution in [2.24, 2.45) is 0 Å². The third-order valence-electron chi connectivity index (χ3n) is 5.34. The van der Waals surface area contributed by atoms with Gasteiger partial charge in [-0.3, -0.25) is 0 Å². The molecule has 2 unspecified atom stereocenters. The van der Waals surface area contributed by atoms with Gasteiger partial charge >= 0.3 is 0 Å². The standard InChI is InChI=1S/C18H17Cl2N5O/c19-11-5-10(6-12(20)7-11)18-22-21-16-3-4-17(23-25(16)18)24-13-1-2-14(24)9-15(26)8-13/h3-7,13-15,26H,1-2,8-9H2. The van der Waals surface area contributed by atoms with Gasteiger partial charge in [-0.2, -0.15) is 4.52 Å². The van der Waals surface area contributed by atoms with Crippen LogP contribution < -0.4 is 4.90 Å². The van der Waals surface area contributed by atoms with Gasteiger partial charge in [-0.05, 0) is 56.0 Å². The van der Waals surface area contributed by atoms with Crippen LogP contribution in [0.3, 0.4) is 0 Å². The first kappa shape index (κ1) is 16.3.